The van der Waals surface area contributed by atoms with Crippen molar-refractivity contribution in [1.29, 1.82) is 0 Å². The maximum atomic E-state index is 11.9. The quantitative estimate of drug-likeness (QED) is 0.108. The molecule has 0 aliphatic heterocycles. The fourth-order valence-corrected chi connectivity index (χ4v) is 6.28. The van der Waals surface area contributed by atoms with E-state index in [1.165, 1.54) is 128 Å². The molecule has 0 aromatic rings. The summed E-state index contributed by atoms with van der Waals surface area (Å²) in [5.74, 6) is 1.87. The molecule has 0 unspecified atom stereocenters. The molecule has 4 nitrogen and oxygen atoms in total. The van der Waals surface area contributed by atoms with Crippen molar-refractivity contribution in [1.82, 2.24) is 0 Å². The molecule has 0 bridgehead atoms. The standard InChI is InChI=1S/C32H60O4/c1-2-3-4-5-6-7-8-9-10-11-12-13-17-20-32(33)36-28-26-34-25-27-35-31-23-21-30(22-24-31)29-18-15-14-16-19-29/h29-31H,2-28H2,1H3. The molecule has 0 aromatic carbocycles. The Hall–Kier alpha value is -0.610. The van der Waals surface area contributed by atoms with Gasteiger partial charge in [0.1, 0.15) is 6.61 Å². The molecule has 0 N–H and O–H groups in total. The van der Waals surface area contributed by atoms with Crippen LogP contribution in [0.25, 0.3) is 0 Å². The summed E-state index contributed by atoms with van der Waals surface area (Å²) in [6.07, 6.45) is 30.6. The molecule has 36 heavy (non-hydrogen) atoms. The van der Waals surface area contributed by atoms with E-state index in [-0.39, 0.29) is 5.97 Å². The Morgan fingerprint density at radius 3 is 1.72 bits per heavy atom. The first-order valence-corrected chi connectivity index (χ1v) is 16.1. The molecular formula is C32H60O4. The number of hydrogen-bond donors (Lipinski definition) is 0. The largest absolute Gasteiger partial charge is 0.463 e. The summed E-state index contributed by atoms with van der Waals surface area (Å²) in [5.41, 5.74) is 0. The van der Waals surface area contributed by atoms with Crippen LogP contribution in [0, 0.1) is 11.8 Å². The van der Waals surface area contributed by atoms with Gasteiger partial charge in [0.25, 0.3) is 0 Å². The highest BCUT2D eigenvalue weighted by molar-refractivity contribution is 5.69. The normalized spacial score (nSPS) is 21.0. The van der Waals surface area contributed by atoms with Crippen LogP contribution in [0.2, 0.25) is 0 Å². The van der Waals surface area contributed by atoms with Gasteiger partial charge < -0.3 is 14.2 Å². The molecule has 0 amide bonds. The smallest absolute Gasteiger partial charge is 0.305 e. The van der Waals surface area contributed by atoms with Crippen LogP contribution in [0.1, 0.15) is 155 Å². The van der Waals surface area contributed by atoms with E-state index in [1.807, 2.05) is 0 Å². The summed E-state index contributed by atoms with van der Waals surface area (Å²) in [5, 5.41) is 0. The van der Waals surface area contributed by atoms with Crippen LogP contribution in [0.3, 0.4) is 0 Å². The molecule has 2 rings (SSSR count). The van der Waals surface area contributed by atoms with Crippen LogP contribution in [-0.4, -0.2) is 38.5 Å². The molecule has 212 valence electrons. The van der Waals surface area contributed by atoms with E-state index in [0.29, 0.717) is 39.0 Å². The van der Waals surface area contributed by atoms with Crippen LogP contribution in [0.15, 0.2) is 0 Å². The number of carbonyl (C=O) groups excluding carboxylic acids is 1. The minimum atomic E-state index is -0.0763. The van der Waals surface area contributed by atoms with Crippen molar-refractivity contribution in [2.24, 2.45) is 11.8 Å². The van der Waals surface area contributed by atoms with Gasteiger partial charge in [-0.05, 0) is 43.9 Å². The maximum absolute atomic E-state index is 11.9. The predicted molar refractivity (Wildman–Crippen MR) is 150 cm³/mol. The van der Waals surface area contributed by atoms with E-state index < -0.39 is 0 Å². The second kappa shape index (κ2) is 22.4. The lowest BCUT2D eigenvalue weighted by molar-refractivity contribution is -0.145. The minimum absolute atomic E-state index is 0.0763. The second-order valence-corrected chi connectivity index (χ2v) is 11.6. The number of esters is 1. The molecular weight excluding hydrogens is 448 g/mol. The fraction of sp³-hybridized carbons (Fsp3) is 0.969. The monoisotopic (exact) mass is 508 g/mol. The van der Waals surface area contributed by atoms with Crippen molar-refractivity contribution in [3.63, 3.8) is 0 Å². The van der Waals surface area contributed by atoms with Gasteiger partial charge in [0.15, 0.2) is 0 Å². The van der Waals surface area contributed by atoms with Gasteiger partial charge in [-0.3, -0.25) is 4.79 Å². The van der Waals surface area contributed by atoms with Gasteiger partial charge in [0.2, 0.25) is 0 Å². The average Bonchev–Trinajstić information content (AvgIpc) is 2.91. The van der Waals surface area contributed by atoms with E-state index >= 15 is 0 Å². The first-order chi connectivity index (χ1) is 17.8. The zero-order valence-corrected chi connectivity index (χ0v) is 24.0. The summed E-state index contributed by atoms with van der Waals surface area (Å²) in [6.45, 7) is 4.37. The van der Waals surface area contributed by atoms with E-state index in [2.05, 4.69) is 6.92 Å². The molecule has 2 saturated carbocycles. The Morgan fingerprint density at radius 1 is 0.583 bits per heavy atom. The number of hydrogen-bond acceptors (Lipinski definition) is 4. The van der Waals surface area contributed by atoms with Crippen molar-refractivity contribution >= 4 is 5.97 Å². The first kappa shape index (κ1) is 31.6. The third kappa shape index (κ3) is 16.3. The summed E-state index contributed by atoms with van der Waals surface area (Å²) in [7, 11) is 0. The van der Waals surface area contributed by atoms with Gasteiger partial charge in [0, 0.05) is 6.42 Å². The molecule has 2 aliphatic carbocycles. The van der Waals surface area contributed by atoms with Gasteiger partial charge >= 0.3 is 5.97 Å². The number of rotatable bonds is 22. The Morgan fingerprint density at radius 2 is 1.11 bits per heavy atom. The van der Waals surface area contributed by atoms with Crippen LogP contribution in [0.5, 0.6) is 0 Å². The zero-order chi connectivity index (χ0) is 25.5. The molecule has 2 aliphatic rings. The Balaban J connectivity index is 1.27. The van der Waals surface area contributed by atoms with Gasteiger partial charge in [-0.15, -0.1) is 0 Å². The summed E-state index contributed by atoms with van der Waals surface area (Å²) < 4.78 is 17.0. The second-order valence-electron chi connectivity index (χ2n) is 11.6. The molecule has 0 heterocycles. The maximum Gasteiger partial charge on any atom is 0.305 e. The fourth-order valence-electron chi connectivity index (χ4n) is 6.28. The van der Waals surface area contributed by atoms with Crippen molar-refractivity contribution in [2.45, 2.75) is 161 Å². The molecule has 0 saturated heterocycles. The van der Waals surface area contributed by atoms with Gasteiger partial charge in [0.05, 0.1) is 25.9 Å². The van der Waals surface area contributed by atoms with Crippen LogP contribution in [0.4, 0.5) is 0 Å². The van der Waals surface area contributed by atoms with Crippen molar-refractivity contribution < 1.29 is 19.0 Å². The van der Waals surface area contributed by atoms with Crippen molar-refractivity contribution in [3.05, 3.63) is 0 Å². The zero-order valence-electron chi connectivity index (χ0n) is 24.0. The lowest BCUT2D eigenvalue weighted by atomic mass is 9.73. The molecule has 0 radical (unpaired) electrons. The highest BCUT2D eigenvalue weighted by Crippen LogP contribution is 2.38. The van der Waals surface area contributed by atoms with E-state index in [4.69, 9.17) is 14.2 Å². The predicted octanol–water partition coefficient (Wildman–Crippen LogP) is 9.18. The molecule has 0 aromatic heterocycles. The SMILES string of the molecule is CCCCCCCCCCCCCCCC(=O)OCCOCCOC1CCC(C2CCCCC2)CC1. The molecule has 0 atom stereocenters. The highest BCUT2D eigenvalue weighted by atomic mass is 16.6. The third-order valence-electron chi connectivity index (χ3n) is 8.59. The minimum Gasteiger partial charge on any atom is -0.463 e. The Labute approximate surface area is 224 Å². The van der Waals surface area contributed by atoms with Crippen LogP contribution < -0.4 is 0 Å². The van der Waals surface area contributed by atoms with Gasteiger partial charge in [-0.1, -0.05) is 116 Å². The Kier molecular flexibility index (Phi) is 19.6. The van der Waals surface area contributed by atoms with Gasteiger partial charge in [-0.25, -0.2) is 0 Å². The Bertz CT molecular complexity index is 494. The topological polar surface area (TPSA) is 44.8 Å². The van der Waals surface area contributed by atoms with Crippen molar-refractivity contribution in [3.8, 4) is 0 Å². The van der Waals surface area contributed by atoms with Crippen LogP contribution >= 0.6 is 0 Å². The van der Waals surface area contributed by atoms with E-state index in [9.17, 15) is 4.79 Å². The van der Waals surface area contributed by atoms with Gasteiger partial charge in [-0.2, -0.15) is 0 Å². The van der Waals surface area contributed by atoms with E-state index in [1.54, 1.807) is 0 Å². The van der Waals surface area contributed by atoms with E-state index in [0.717, 1.165) is 24.7 Å². The first-order valence-electron chi connectivity index (χ1n) is 16.1. The number of carbonyl (C=O) groups is 1. The van der Waals surface area contributed by atoms with Crippen LogP contribution in [-0.2, 0) is 19.0 Å². The summed E-state index contributed by atoms with van der Waals surface area (Å²) in [4.78, 5) is 11.9. The summed E-state index contributed by atoms with van der Waals surface area (Å²) >= 11 is 0. The lowest BCUT2D eigenvalue weighted by Gasteiger charge is -2.35. The lowest BCUT2D eigenvalue weighted by Crippen LogP contribution is -2.28. The molecule has 2 fully saturated rings. The highest BCUT2D eigenvalue weighted by Gasteiger charge is 2.28. The molecule has 0 spiro atoms. The number of unbranched alkanes of at least 4 members (excludes halogenated alkanes) is 12. The molecule has 4 heteroatoms. The number of ether oxygens (including phenoxy) is 3. The third-order valence-corrected chi connectivity index (χ3v) is 8.59. The van der Waals surface area contributed by atoms with Crippen molar-refractivity contribution in [2.75, 3.05) is 26.4 Å². The average molecular weight is 509 g/mol. The summed E-state index contributed by atoms with van der Waals surface area (Å²) in [6, 6.07) is 0.